The second-order valence-electron chi connectivity index (χ2n) is 6.79. The van der Waals surface area contributed by atoms with Gasteiger partial charge < -0.3 is 14.7 Å². The molecule has 0 atom stereocenters. The highest BCUT2D eigenvalue weighted by Gasteiger charge is 2.24. The molecule has 5 heteroatoms. The number of phenols is 1. The van der Waals surface area contributed by atoms with Gasteiger partial charge in [0.2, 0.25) is 0 Å². The number of ether oxygens (including phenoxy) is 1. The van der Waals surface area contributed by atoms with Gasteiger partial charge in [-0.15, -0.1) is 0 Å². The highest BCUT2D eigenvalue weighted by atomic mass is 16.5. The van der Waals surface area contributed by atoms with Crippen molar-refractivity contribution in [3.63, 3.8) is 0 Å². The molecule has 0 radical (unpaired) electrons. The zero-order valence-corrected chi connectivity index (χ0v) is 16.9. The van der Waals surface area contributed by atoms with Gasteiger partial charge in [-0.3, -0.25) is 4.79 Å². The van der Waals surface area contributed by atoms with Crippen molar-refractivity contribution in [2.45, 2.75) is 39.5 Å². The third kappa shape index (κ3) is 5.35. The van der Waals surface area contributed by atoms with Crippen LogP contribution < -0.4 is 4.90 Å². The van der Waals surface area contributed by atoms with Crippen molar-refractivity contribution in [3.05, 3.63) is 59.2 Å². The molecule has 2 aromatic carbocycles. The summed E-state index contributed by atoms with van der Waals surface area (Å²) in [6, 6.07) is 11.3. The molecule has 0 unspecified atom stereocenters. The maximum atomic E-state index is 13.2. The number of hydrogen-bond donors (Lipinski definition) is 1. The van der Waals surface area contributed by atoms with E-state index in [-0.39, 0.29) is 17.1 Å². The number of benzene rings is 2. The first-order valence-electron chi connectivity index (χ1n) is 9.84. The van der Waals surface area contributed by atoms with Crippen LogP contribution in [-0.4, -0.2) is 37.1 Å². The number of carbonyl (C=O) groups is 2. The van der Waals surface area contributed by atoms with E-state index >= 15 is 0 Å². The topological polar surface area (TPSA) is 66.8 Å². The molecule has 0 aliphatic heterocycles. The summed E-state index contributed by atoms with van der Waals surface area (Å²) in [4.78, 5) is 27.9. The molecule has 0 aliphatic rings. The van der Waals surface area contributed by atoms with E-state index < -0.39 is 5.97 Å². The molecule has 0 saturated heterocycles. The standard InChI is InChI=1S/C23H29NO4/c1-4-6-7-8-16-28-23(27)19-10-9-11-20(24(3)5-2)21(19)22(26)17-12-14-18(25)15-13-17/h9-15,25H,4-8,16H2,1-3H3. The first kappa shape index (κ1) is 21.5. The van der Waals surface area contributed by atoms with Crippen LogP contribution in [0.1, 0.15) is 65.8 Å². The maximum Gasteiger partial charge on any atom is 0.338 e. The van der Waals surface area contributed by atoms with Crippen LogP contribution in [0.4, 0.5) is 5.69 Å². The molecule has 0 saturated carbocycles. The molecule has 0 fully saturated rings. The van der Waals surface area contributed by atoms with Crippen molar-refractivity contribution in [2.75, 3.05) is 25.1 Å². The lowest BCUT2D eigenvalue weighted by Crippen LogP contribution is -2.22. The second kappa shape index (κ2) is 10.5. The predicted molar refractivity (Wildman–Crippen MR) is 111 cm³/mol. The molecule has 0 spiro atoms. The number of aromatic hydroxyl groups is 1. The fourth-order valence-electron chi connectivity index (χ4n) is 2.97. The normalized spacial score (nSPS) is 10.5. The van der Waals surface area contributed by atoms with E-state index in [4.69, 9.17) is 4.74 Å². The van der Waals surface area contributed by atoms with Crippen LogP contribution in [0.5, 0.6) is 5.75 Å². The van der Waals surface area contributed by atoms with E-state index in [1.165, 1.54) is 12.1 Å². The summed E-state index contributed by atoms with van der Waals surface area (Å²) in [5.41, 5.74) is 1.69. The number of nitrogens with zero attached hydrogens (tertiary/aromatic N) is 1. The highest BCUT2D eigenvalue weighted by Crippen LogP contribution is 2.27. The third-order valence-corrected chi connectivity index (χ3v) is 4.74. The van der Waals surface area contributed by atoms with Crippen molar-refractivity contribution in [3.8, 4) is 5.75 Å². The minimum absolute atomic E-state index is 0.0854. The number of esters is 1. The predicted octanol–water partition coefficient (Wildman–Crippen LogP) is 4.82. The Kier molecular flexibility index (Phi) is 8.05. The largest absolute Gasteiger partial charge is 0.508 e. The molecule has 2 rings (SSSR count). The Morgan fingerprint density at radius 3 is 2.36 bits per heavy atom. The molecule has 150 valence electrons. The van der Waals surface area contributed by atoms with Gasteiger partial charge >= 0.3 is 5.97 Å². The Balaban J connectivity index is 2.35. The molecule has 0 heterocycles. The number of phenolic OH excluding ortho intramolecular Hbond substituents is 1. The summed E-state index contributed by atoms with van der Waals surface area (Å²) in [7, 11) is 1.88. The van der Waals surface area contributed by atoms with Gasteiger partial charge in [0.25, 0.3) is 0 Å². The number of anilines is 1. The number of rotatable bonds is 10. The molecule has 28 heavy (non-hydrogen) atoms. The van der Waals surface area contributed by atoms with Gasteiger partial charge in [-0.05, 0) is 49.7 Å². The van der Waals surface area contributed by atoms with Crippen LogP contribution in [0, 0.1) is 0 Å². The van der Waals surface area contributed by atoms with Gasteiger partial charge in [0.05, 0.1) is 17.7 Å². The lowest BCUT2D eigenvalue weighted by atomic mass is 9.95. The molecule has 0 aromatic heterocycles. The summed E-state index contributed by atoms with van der Waals surface area (Å²) in [5.74, 6) is -0.666. The first-order valence-corrected chi connectivity index (χ1v) is 9.84. The van der Waals surface area contributed by atoms with Gasteiger partial charge in [-0.25, -0.2) is 4.79 Å². The average Bonchev–Trinajstić information content (AvgIpc) is 2.72. The smallest absolute Gasteiger partial charge is 0.338 e. The molecule has 5 nitrogen and oxygen atoms in total. The van der Waals surface area contributed by atoms with Gasteiger partial charge in [-0.2, -0.15) is 0 Å². The van der Waals surface area contributed by atoms with E-state index in [0.717, 1.165) is 25.7 Å². The van der Waals surface area contributed by atoms with Crippen molar-refractivity contribution >= 4 is 17.4 Å². The molecule has 0 bridgehead atoms. The first-order chi connectivity index (χ1) is 13.5. The summed E-state index contributed by atoms with van der Waals surface area (Å²) < 4.78 is 5.44. The zero-order chi connectivity index (χ0) is 20.5. The quantitative estimate of drug-likeness (QED) is 0.362. The Morgan fingerprint density at radius 2 is 1.71 bits per heavy atom. The summed E-state index contributed by atoms with van der Waals surface area (Å²) in [6.07, 6.45) is 4.06. The van der Waals surface area contributed by atoms with Crippen molar-refractivity contribution in [1.82, 2.24) is 0 Å². The van der Waals surface area contributed by atoms with Crippen LogP contribution in [0.3, 0.4) is 0 Å². The Morgan fingerprint density at radius 1 is 1.00 bits per heavy atom. The van der Waals surface area contributed by atoms with Gasteiger partial charge in [0, 0.05) is 24.8 Å². The minimum Gasteiger partial charge on any atom is -0.508 e. The van der Waals surface area contributed by atoms with Crippen LogP contribution in [-0.2, 0) is 4.74 Å². The lowest BCUT2D eigenvalue weighted by Gasteiger charge is -2.22. The number of hydrogen-bond acceptors (Lipinski definition) is 5. The van der Waals surface area contributed by atoms with Gasteiger partial charge in [-0.1, -0.05) is 32.3 Å². The number of unbranched alkanes of at least 4 members (excludes halogenated alkanes) is 3. The second-order valence-corrected chi connectivity index (χ2v) is 6.79. The molecule has 0 aliphatic carbocycles. The van der Waals surface area contributed by atoms with E-state index in [1.54, 1.807) is 24.3 Å². The molecule has 2 aromatic rings. The third-order valence-electron chi connectivity index (χ3n) is 4.74. The Hall–Kier alpha value is -2.82. The zero-order valence-electron chi connectivity index (χ0n) is 16.9. The number of carbonyl (C=O) groups excluding carboxylic acids is 2. The van der Waals surface area contributed by atoms with Crippen molar-refractivity contribution in [2.24, 2.45) is 0 Å². The molecular formula is C23H29NO4. The fourth-order valence-corrected chi connectivity index (χ4v) is 2.97. The van der Waals surface area contributed by atoms with Crippen LogP contribution in [0.15, 0.2) is 42.5 Å². The lowest BCUT2D eigenvalue weighted by molar-refractivity contribution is 0.0495. The summed E-state index contributed by atoms with van der Waals surface area (Å²) in [6.45, 7) is 5.14. The van der Waals surface area contributed by atoms with E-state index in [9.17, 15) is 14.7 Å². The van der Waals surface area contributed by atoms with E-state index in [1.807, 2.05) is 24.9 Å². The summed E-state index contributed by atoms with van der Waals surface area (Å²) >= 11 is 0. The molecular weight excluding hydrogens is 354 g/mol. The van der Waals surface area contributed by atoms with Crippen LogP contribution >= 0.6 is 0 Å². The molecule has 0 amide bonds. The Labute approximate surface area is 166 Å². The number of ketones is 1. The van der Waals surface area contributed by atoms with Crippen molar-refractivity contribution in [1.29, 1.82) is 0 Å². The summed E-state index contributed by atoms with van der Waals surface area (Å²) in [5, 5.41) is 9.50. The fraction of sp³-hybridized carbons (Fsp3) is 0.391. The van der Waals surface area contributed by atoms with Gasteiger partial charge in [0.1, 0.15) is 5.75 Å². The highest BCUT2D eigenvalue weighted by molar-refractivity contribution is 6.17. The maximum absolute atomic E-state index is 13.2. The minimum atomic E-state index is -0.482. The average molecular weight is 383 g/mol. The monoisotopic (exact) mass is 383 g/mol. The van der Waals surface area contributed by atoms with Gasteiger partial charge in [0.15, 0.2) is 5.78 Å². The van der Waals surface area contributed by atoms with Crippen LogP contribution in [0.2, 0.25) is 0 Å². The Bertz CT molecular complexity index is 799. The SMILES string of the molecule is CCCCCCOC(=O)c1cccc(N(C)CC)c1C(=O)c1ccc(O)cc1. The van der Waals surface area contributed by atoms with Crippen molar-refractivity contribution < 1.29 is 19.4 Å². The van der Waals surface area contributed by atoms with E-state index in [2.05, 4.69) is 6.92 Å². The van der Waals surface area contributed by atoms with Crippen LogP contribution in [0.25, 0.3) is 0 Å². The van der Waals surface area contributed by atoms with E-state index in [0.29, 0.717) is 30.0 Å². The molecule has 1 N–H and O–H groups in total.